The van der Waals surface area contributed by atoms with E-state index in [9.17, 15) is 8.42 Å². The highest BCUT2D eigenvalue weighted by Crippen LogP contribution is 2.22. The van der Waals surface area contributed by atoms with E-state index in [1.807, 2.05) is 6.92 Å². The van der Waals surface area contributed by atoms with E-state index < -0.39 is 15.4 Å². The van der Waals surface area contributed by atoms with Gasteiger partial charge in [-0.2, -0.15) is 11.8 Å². The van der Waals surface area contributed by atoms with Gasteiger partial charge in [0.1, 0.15) is 0 Å². The number of sulfone groups is 1. The van der Waals surface area contributed by atoms with E-state index in [0.717, 1.165) is 18.7 Å². The Morgan fingerprint density at radius 3 is 2.76 bits per heavy atom. The standard InChI is InChI=1S/C10H20N2O2S3/c1-10(4-7-17(13,14)8-10)12-9(15)11-5-3-6-16-2/h3-8H2,1-2H3,(H2,11,12,15)/t10-/m0/s1. The second kappa shape index (κ2) is 6.24. The van der Waals surface area contributed by atoms with Crippen molar-refractivity contribution in [3.05, 3.63) is 0 Å². The fourth-order valence-corrected chi connectivity index (χ4v) is 4.72. The monoisotopic (exact) mass is 296 g/mol. The summed E-state index contributed by atoms with van der Waals surface area (Å²) in [7, 11) is -2.88. The van der Waals surface area contributed by atoms with Crippen LogP contribution in [-0.2, 0) is 9.84 Å². The molecule has 1 rings (SSSR count). The molecule has 1 aliphatic rings. The van der Waals surface area contributed by atoms with Gasteiger partial charge in [-0.1, -0.05) is 0 Å². The summed E-state index contributed by atoms with van der Waals surface area (Å²) in [4.78, 5) is 0. The third kappa shape index (κ3) is 5.44. The maximum absolute atomic E-state index is 11.4. The van der Waals surface area contributed by atoms with Crippen LogP contribution in [0.3, 0.4) is 0 Å². The smallest absolute Gasteiger partial charge is 0.166 e. The molecule has 0 radical (unpaired) electrons. The molecule has 0 saturated carbocycles. The number of hydrogen-bond acceptors (Lipinski definition) is 4. The van der Waals surface area contributed by atoms with E-state index >= 15 is 0 Å². The molecule has 0 bridgehead atoms. The number of rotatable bonds is 5. The zero-order chi connectivity index (χ0) is 12.9. The molecule has 0 amide bonds. The third-order valence-corrected chi connectivity index (χ3v) is 5.58. The molecule has 0 aromatic heterocycles. The third-order valence-electron chi connectivity index (χ3n) is 2.73. The molecular formula is C10H20N2O2S3. The quantitative estimate of drug-likeness (QED) is 0.578. The van der Waals surface area contributed by atoms with Crippen LogP contribution in [0.1, 0.15) is 19.8 Å². The van der Waals surface area contributed by atoms with Crippen molar-refractivity contribution in [3.63, 3.8) is 0 Å². The summed E-state index contributed by atoms with van der Waals surface area (Å²) in [6.45, 7) is 2.74. The number of hydrogen-bond donors (Lipinski definition) is 2. The van der Waals surface area contributed by atoms with Crippen LogP contribution in [0.25, 0.3) is 0 Å². The molecule has 100 valence electrons. The van der Waals surface area contributed by atoms with E-state index in [1.165, 1.54) is 0 Å². The molecule has 17 heavy (non-hydrogen) atoms. The van der Waals surface area contributed by atoms with E-state index in [0.29, 0.717) is 11.5 Å². The summed E-state index contributed by atoms with van der Waals surface area (Å²) in [5.74, 6) is 1.53. The summed E-state index contributed by atoms with van der Waals surface area (Å²) in [5.41, 5.74) is -0.400. The Morgan fingerprint density at radius 2 is 2.24 bits per heavy atom. The highest BCUT2D eigenvalue weighted by atomic mass is 32.2. The van der Waals surface area contributed by atoms with Crippen LogP contribution < -0.4 is 10.6 Å². The first-order valence-corrected chi connectivity index (χ1v) is 9.25. The average molecular weight is 296 g/mol. The Kier molecular flexibility index (Phi) is 5.53. The molecule has 1 atom stereocenters. The van der Waals surface area contributed by atoms with Crippen LogP contribution in [-0.4, -0.2) is 49.1 Å². The zero-order valence-electron chi connectivity index (χ0n) is 10.3. The molecule has 1 heterocycles. The Hall–Kier alpha value is -0.0100. The van der Waals surface area contributed by atoms with Gasteiger partial charge >= 0.3 is 0 Å². The second-order valence-electron chi connectivity index (χ2n) is 4.63. The Labute approximate surface area is 113 Å². The Morgan fingerprint density at radius 1 is 1.53 bits per heavy atom. The molecule has 1 aliphatic heterocycles. The lowest BCUT2D eigenvalue weighted by Crippen LogP contribution is -2.51. The van der Waals surface area contributed by atoms with Gasteiger partial charge in [0.2, 0.25) is 0 Å². The minimum Gasteiger partial charge on any atom is -0.363 e. The first-order valence-electron chi connectivity index (χ1n) is 5.62. The Balaban J connectivity index is 2.31. The van der Waals surface area contributed by atoms with Crippen LogP contribution in [0.2, 0.25) is 0 Å². The fraction of sp³-hybridized carbons (Fsp3) is 0.900. The van der Waals surface area contributed by atoms with Gasteiger partial charge in [-0.25, -0.2) is 8.42 Å². The van der Waals surface area contributed by atoms with Gasteiger partial charge in [-0.05, 0) is 44.0 Å². The van der Waals surface area contributed by atoms with Crippen molar-refractivity contribution in [1.82, 2.24) is 10.6 Å². The van der Waals surface area contributed by atoms with Crippen LogP contribution in [0.15, 0.2) is 0 Å². The summed E-state index contributed by atoms with van der Waals surface area (Å²) in [6.07, 6.45) is 3.75. The number of nitrogens with one attached hydrogen (secondary N) is 2. The molecule has 0 aromatic rings. The van der Waals surface area contributed by atoms with Gasteiger partial charge in [0, 0.05) is 6.54 Å². The van der Waals surface area contributed by atoms with Gasteiger partial charge < -0.3 is 10.6 Å². The molecule has 0 spiro atoms. The maximum atomic E-state index is 11.4. The molecule has 4 nitrogen and oxygen atoms in total. The van der Waals surface area contributed by atoms with Crippen molar-refractivity contribution in [2.45, 2.75) is 25.3 Å². The minimum atomic E-state index is -2.88. The van der Waals surface area contributed by atoms with Crippen molar-refractivity contribution in [1.29, 1.82) is 0 Å². The van der Waals surface area contributed by atoms with Crippen molar-refractivity contribution in [2.75, 3.05) is 30.1 Å². The summed E-state index contributed by atoms with van der Waals surface area (Å²) in [5, 5.41) is 6.79. The first kappa shape index (κ1) is 15.0. The predicted octanol–water partition coefficient (Wildman–Crippen LogP) is 0.781. The molecule has 0 unspecified atom stereocenters. The first-order chi connectivity index (χ1) is 7.87. The lowest BCUT2D eigenvalue weighted by atomic mass is 10.0. The molecular weight excluding hydrogens is 276 g/mol. The summed E-state index contributed by atoms with van der Waals surface area (Å²) < 4.78 is 22.8. The number of thioether (sulfide) groups is 1. The van der Waals surface area contributed by atoms with Gasteiger partial charge in [-0.15, -0.1) is 0 Å². The van der Waals surface area contributed by atoms with Crippen LogP contribution in [0, 0.1) is 0 Å². The van der Waals surface area contributed by atoms with E-state index in [2.05, 4.69) is 16.9 Å². The van der Waals surface area contributed by atoms with Crippen molar-refractivity contribution in [3.8, 4) is 0 Å². The Bertz CT molecular complexity index is 370. The topological polar surface area (TPSA) is 58.2 Å². The number of thiocarbonyl (C=S) groups is 1. The van der Waals surface area contributed by atoms with Crippen molar-refractivity contribution in [2.24, 2.45) is 0 Å². The SMILES string of the molecule is CSCCCNC(=S)N[C@@]1(C)CCS(=O)(=O)C1. The fourth-order valence-electron chi connectivity index (χ4n) is 1.85. The molecule has 0 aliphatic carbocycles. The molecule has 1 fully saturated rings. The molecule has 1 saturated heterocycles. The van der Waals surface area contributed by atoms with E-state index in [-0.39, 0.29) is 11.5 Å². The van der Waals surface area contributed by atoms with Gasteiger partial charge in [-0.3, -0.25) is 0 Å². The van der Waals surface area contributed by atoms with Crippen LogP contribution in [0.5, 0.6) is 0 Å². The molecule has 7 heteroatoms. The maximum Gasteiger partial charge on any atom is 0.166 e. The van der Waals surface area contributed by atoms with E-state index in [4.69, 9.17) is 12.2 Å². The van der Waals surface area contributed by atoms with E-state index in [1.54, 1.807) is 11.8 Å². The highest BCUT2D eigenvalue weighted by Gasteiger charge is 2.38. The lowest BCUT2D eigenvalue weighted by Gasteiger charge is -2.25. The second-order valence-corrected chi connectivity index (χ2v) is 8.21. The largest absolute Gasteiger partial charge is 0.363 e. The minimum absolute atomic E-state index is 0.173. The van der Waals surface area contributed by atoms with Gasteiger partial charge in [0.05, 0.1) is 17.0 Å². The van der Waals surface area contributed by atoms with Crippen molar-refractivity contribution >= 4 is 38.9 Å². The van der Waals surface area contributed by atoms with Crippen LogP contribution in [0.4, 0.5) is 0 Å². The zero-order valence-corrected chi connectivity index (χ0v) is 12.7. The highest BCUT2D eigenvalue weighted by molar-refractivity contribution is 7.98. The molecule has 0 aromatic carbocycles. The summed E-state index contributed by atoms with van der Waals surface area (Å²) in [6, 6.07) is 0. The average Bonchev–Trinajstić information content (AvgIpc) is 2.47. The predicted molar refractivity (Wildman–Crippen MR) is 78.4 cm³/mol. The summed E-state index contributed by atoms with van der Waals surface area (Å²) >= 11 is 6.97. The molecule has 2 N–H and O–H groups in total. The van der Waals surface area contributed by atoms with Gasteiger partial charge in [0.15, 0.2) is 14.9 Å². The normalized spacial score (nSPS) is 26.7. The van der Waals surface area contributed by atoms with Crippen LogP contribution >= 0.6 is 24.0 Å². The van der Waals surface area contributed by atoms with Gasteiger partial charge in [0.25, 0.3) is 0 Å². The lowest BCUT2D eigenvalue weighted by molar-refractivity contribution is 0.468. The van der Waals surface area contributed by atoms with Crippen molar-refractivity contribution < 1.29 is 8.42 Å².